The Kier molecular flexibility index (Phi) is 3.85. The Morgan fingerprint density at radius 2 is 2.10 bits per heavy atom. The van der Waals surface area contributed by atoms with Gasteiger partial charge in [-0.2, -0.15) is 4.39 Å². The molecule has 102 valence electrons. The molecule has 0 aliphatic heterocycles. The summed E-state index contributed by atoms with van der Waals surface area (Å²) in [5.74, 6) is -1.48. The maximum absolute atomic E-state index is 12.6. The van der Waals surface area contributed by atoms with Crippen LogP contribution in [0, 0.1) is 16.1 Å². The molecule has 7 nitrogen and oxygen atoms in total. The number of carbonyl (C=O) groups excluding carboxylic acids is 1. The number of hydrogen-bond donors (Lipinski definition) is 1. The minimum absolute atomic E-state index is 0.0574. The first kappa shape index (κ1) is 13.8. The molecule has 0 aliphatic rings. The van der Waals surface area contributed by atoms with E-state index in [1.54, 1.807) is 0 Å². The van der Waals surface area contributed by atoms with Crippen LogP contribution in [0.25, 0.3) is 0 Å². The second-order valence-electron chi connectivity index (χ2n) is 3.61. The molecule has 0 fully saturated rings. The van der Waals surface area contributed by atoms with Gasteiger partial charge in [-0.3, -0.25) is 14.9 Å². The molecule has 0 spiro atoms. The molecule has 0 saturated heterocycles. The van der Waals surface area contributed by atoms with Crippen molar-refractivity contribution < 1.29 is 14.1 Å². The van der Waals surface area contributed by atoms with Crippen LogP contribution >= 0.6 is 11.6 Å². The number of rotatable bonds is 3. The first-order valence-electron chi connectivity index (χ1n) is 5.20. The Hall–Kier alpha value is -2.61. The lowest BCUT2D eigenvalue weighted by Gasteiger charge is -2.05. The fraction of sp³-hybridized carbons (Fsp3) is 0. The lowest BCUT2D eigenvalue weighted by Crippen LogP contribution is -2.14. The summed E-state index contributed by atoms with van der Waals surface area (Å²) in [4.78, 5) is 28.9. The maximum atomic E-state index is 12.6. The molecule has 0 aromatic carbocycles. The smallest absolute Gasteiger partial charge is 0.300 e. The maximum Gasteiger partial charge on any atom is 0.300 e. The Bertz CT molecular complexity index is 678. The van der Waals surface area contributed by atoms with Gasteiger partial charge in [0.15, 0.2) is 0 Å². The third-order valence-corrected chi connectivity index (χ3v) is 2.48. The summed E-state index contributed by atoms with van der Waals surface area (Å²) < 4.78 is 12.6. The fourth-order valence-corrected chi connectivity index (χ4v) is 1.56. The van der Waals surface area contributed by atoms with Crippen molar-refractivity contribution in [3.63, 3.8) is 0 Å². The average Bonchev–Trinajstić information content (AvgIpc) is 2.41. The first-order valence-corrected chi connectivity index (χ1v) is 5.58. The summed E-state index contributed by atoms with van der Waals surface area (Å²) in [5.41, 5.74) is -0.542. The lowest BCUT2D eigenvalue weighted by atomic mass is 10.2. The summed E-state index contributed by atoms with van der Waals surface area (Å²) in [6, 6.07) is 3.39. The van der Waals surface area contributed by atoms with Gasteiger partial charge in [0.05, 0.1) is 16.8 Å². The Labute approximate surface area is 116 Å². The minimum atomic E-state index is -0.769. The van der Waals surface area contributed by atoms with Gasteiger partial charge in [0.25, 0.3) is 11.6 Å². The molecule has 2 aromatic heterocycles. The van der Waals surface area contributed by atoms with Gasteiger partial charge in [0, 0.05) is 0 Å². The van der Waals surface area contributed by atoms with Crippen molar-refractivity contribution in [3.8, 4) is 0 Å². The van der Waals surface area contributed by atoms with Gasteiger partial charge in [-0.1, -0.05) is 11.6 Å². The zero-order valence-corrected chi connectivity index (χ0v) is 10.5. The number of anilines is 1. The molecule has 2 rings (SSSR count). The SMILES string of the molecule is O=C(Nc1ccc(F)nc1)c1cc(Cl)ncc1[N+](=O)[O-]. The second-order valence-corrected chi connectivity index (χ2v) is 3.99. The molecule has 2 heterocycles. The number of pyridine rings is 2. The normalized spacial score (nSPS) is 10.1. The quantitative estimate of drug-likeness (QED) is 0.533. The van der Waals surface area contributed by atoms with Crippen LogP contribution in [0.4, 0.5) is 15.8 Å². The number of nitrogens with one attached hydrogen (secondary N) is 1. The molecule has 9 heteroatoms. The molecule has 0 saturated carbocycles. The van der Waals surface area contributed by atoms with E-state index in [0.717, 1.165) is 24.5 Å². The van der Waals surface area contributed by atoms with Crippen molar-refractivity contribution in [1.29, 1.82) is 0 Å². The van der Waals surface area contributed by atoms with Crippen LogP contribution in [0.1, 0.15) is 10.4 Å². The number of nitro groups is 1. The summed E-state index contributed by atoms with van der Waals surface area (Å²) in [6.07, 6.45) is 1.97. The molecule has 1 amide bonds. The molecule has 0 aliphatic carbocycles. The van der Waals surface area contributed by atoms with Crippen LogP contribution in [0.15, 0.2) is 30.6 Å². The predicted octanol–water partition coefficient (Wildman–Crippen LogP) is 2.43. The summed E-state index contributed by atoms with van der Waals surface area (Å²) >= 11 is 5.61. The number of amides is 1. The van der Waals surface area contributed by atoms with Crippen molar-refractivity contribution in [2.75, 3.05) is 5.32 Å². The molecule has 0 unspecified atom stereocenters. The van der Waals surface area contributed by atoms with Gasteiger partial charge in [-0.05, 0) is 18.2 Å². The highest BCUT2D eigenvalue weighted by atomic mass is 35.5. The molecule has 0 bridgehead atoms. The van der Waals surface area contributed by atoms with E-state index in [1.165, 1.54) is 6.07 Å². The Balaban J connectivity index is 2.31. The Morgan fingerprint density at radius 3 is 2.70 bits per heavy atom. The van der Waals surface area contributed by atoms with Crippen LogP contribution in [0.5, 0.6) is 0 Å². The summed E-state index contributed by atoms with van der Waals surface area (Å²) in [7, 11) is 0. The van der Waals surface area contributed by atoms with E-state index in [-0.39, 0.29) is 16.4 Å². The molecular formula is C11H6ClFN4O3. The Morgan fingerprint density at radius 1 is 1.35 bits per heavy atom. The van der Waals surface area contributed by atoms with E-state index >= 15 is 0 Å². The molecule has 2 aromatic rings. The van der Waals surface area contributed by atoms with Crippen LogP contribution in [0.2, 0.25) is 5.15 Å². The molecule has 0 radical (unpaired) electrons. The number of carbonyl (C=O) groups is 1. The van der Waals surface area contributed by atoms with Gasteiger partial charge in [-0.15, -0.1) is 0 Å². The van der Waals surface area contributed by atoms with Crippen LogP contribution in [-0.2, 0) is 0 Å². The molecule has 20 heavy (non-hydrogen) atoms. The molecular weight excluding hydrogens is 291 g/mol. The van der Waals surface area contributed by atoms with Crippen molar-refractivity contribution in [2.45, 2.75) is 0 Å². The molecule has 0 atom stereocenters. The van der Waals surface area contributed by atoms with Crippen LogP contribution < -0.4 is 5.32 Å². The van der Waals surface area contributed by atoms with Gasteiger partial charge < -0.3 is 5.32 Å². The topological polar surface area (TPSA) is 98.0 Å². The van der Waals surface area contributed by atoms with Gasteiger partial charge in [0.1, 0.15) is 16.9 Å². The van der Waals surface area contributed by atoms with E-state index in [1.807, 2.05) is 0 Å². The van der Waals surface area contributed by atoms with E-state index in [9.17, 15) is 19.3 Å². The van der Waals surface area contributed by atoms with E-state index in [2.05, 4.69) is 15.3 Å². The van der Waals surface area contributed by atoms with Gasteiger partial charge in [-0.25, -0.2) is 9.97 Å². The highest BCUT2D eigenvalue weighted by Crippen LogP contribution is 2.21. The van der Waals surface area contributed by atoms with Crippen LogP contribution in [0.3, 0.4) is 0 Å². The standard InChI is InChI=1S/C11H6ClFN4O3/c12-9-3-7(8(5-14-9)17(19)20)11(18)16-6-1-2-10(13)15-4-6/h1-5H,(H,16,18). The molecule has 1 N–H and O–H groups in total. The average molecular weight is 297 g/mol. The minimum Gasteiger partial charge on any atom is -0.320 e. The van der Waals surface area contributed by atoms with Gasteiger partial charge in [0.2, 0.25) is 5.95 Å². The number of hydrogen-bond acceptors (Lipinski definition) is 5. The largest absolute Gasteiger partial charge is 0.320 e. The zero-order valence-electron chi connectivity index (χ0n) is 9.71. The lowest BCUT2D eigenvalue weighted by molar-refractivity contribution is -0.385. The third kappa shape index (κ3) is 3.04. The van der Waals surface area contributed by atoms with Crippen molar-refractivity contribution in [2.24, 2.45) is 0 Å². The van der Waals surface area contributed by atoms with Gasteiger partial charge >= 0.3 is 0 Å². The summed E-state index contributed by atoms with van der Waals surface area (Å²) in [5, 5.41) is 13.1. The van der Waals surface area contributed by atoms with E-state index < -0.39 is 22.5 Å². The van der Waals surface area contributed by atoms with E-state index in [0.29, 0.717) is 0 Å². The second kappa shape index (κ2) is 5.57. The highest BCUT2D eigenvalue weighted by Gasteiger charge is 2.21. The first-order chi connectivity index (χ1) is 9.47. The summed E-state index contributed by atoms with van der Waals surface area (Å²) in [6.45, 7) is 0. The van der Waals surface area contributed by atoms with E-state index in [4.69, 9.17) is 11.6 Å². The van der Waals surface area contributed by atoms with Crippen molar-refractivity contribution >= 4 is 28.9 Å². The van der Waals surface area contributed by atoms with Crippen molar-refractivity contribution in [3.05, 3.63) is 57.4 Å². The zero-order chi connectivity index (χ0) is 14.7. The number of halogens is 2. The predicted molar refractivity (Wildman–Crippen MR) is 68.0 cm³/mol. The van der Waals surface area contributed by atoms with Crippen LogP contribution in [-0.4, -0.2) is 20.8 Å². The van der Waals surface area contributed by atoms with Crippen molar-refractivity contribution in [1.82, 2.24) is 9.97 Å². The third-order valence-electron chi connectivity index (χ3n) is 2.28. The highest BCUT2D eigenvalue weighted by molar-refractivity contribution is 6.30. The fourth-order valence-electron chi connectivity index (χ4n) is 1.40. The number of nitrogens with zero attached hydrogens (tertiary/aromatic N) is 3. The number of aromatic nitrogens is 2. The monoisotopic (exact) mass is 296 g/mol.